The van der Waals surface area contributed by atoms with Crippen LogP contribution in [-0.4, -0.2) is 16.3 Å². The normalized spacial score (nSPS) is 11.3. The van der Waals surface area contributed by atoms with Crippen LogP contribution in [0, 0.1) is 13.8 Å². The maximum absolute atomic E-state index is 12.1. The van der Waals surface area contributed by atoms with Crippen LogP contribution < -0.4 is 10.1 Å². The average Bonchev–Trinajstić information content (AvgIpc) is 2.36. The van der Waals surface area contributed by atoms with E-state index in [9.17, 15) is 13.2 Å². The van der Waals surface area contributed by atoms with Crippen molar-refractivity contribution in [2.24, 2.45) is 0 Å². The summed E-state index contributed by atoms with van der Waals surface area (Å²) in [6, 6.07) is 5.32. The molecular formula is C13H11ClF3N3O. The molecule has 112 valence electrons. The zero-order chi connectivity index (χ0) is 15.6. The third kappa shape index (κ3) is 4.22. The molecule has 0 bridgehead atoms. The van der Waals surface area contributed by atoms with Gasteiger partial charge in [-0.15, -0.1) is 13.2 Å². The molecule has 0 radical (unpaired) electrons. The van der Waals surface area contributed by atoms with Gasteiger partial charge < -0.3 is 10.1 Å². The molecule has 2 rings (SSSR count). The van der Waals surface area contributed by atoms with Crippen LogP contribution in [0.2, 0.25) is 5.15 Å². The Balaban J connectivity index is 2.18. The number of aromatic nitrogens is 2. The Kier molecular flexibility index (Phi) is 4.22. The van der Waals surface area contributed by atoms with Crippen LogP contribution in [0.3, 0.4) is 0 Å². The Morgan fingerprint density at radius 3 is 2.29 bits per heavy atom. The van der Waals surface area contributed by atoms with Crippen molar-refractivity contribution in [3.05, 3.63) is 40.8 Å². The van der Waals surface area contributed by atoms with Crippen LogP contribution in [-0.2, 0) is 0 Å². The minimum atomic E-state index is -4.71. The van der Waals surface area contributed by atoms with Crippen LogP contribution in [0.25, 0.3) is 0 Å². The number of nitrogens with one attached hydrogen (secondary N) is 1. The number of benzene rings is 1. The summed E-state index contributed by atoms with van der Waals surface area (Å²) in [7, 11) is 0. The van der Waals surface area contributed by atoms with Gasteiger partial charge in [-0.3, -0.25) is 0 Å². The smallest absolute Gasteiger partial charge is 0.406 e. The van der Waals surface area contributed by atoms with Gasteiger partial charge in [-0.1, -0.05) is 11.6 Å². The Bertz CT molecular complexity index is 644. The van der Waals surface area contributed by atoms with Gasteiger partial charge >= 0.3 is 6.36 Å². The predicted octanol–water partition coefficient (Wildman–Crippen LogP) is 4.39. The fourth-order valence-electron chi connectivity index (χ4n) is 1.59. The molecule has 0 aliphatic carbocycles. The average molecular weight is 318 g/mol. The highest BCUT2D eigenvalue weighted by Crippen LogP contribution is 2.27. The number of rotatable bonds is 3. The van der Waals surface area contributed by atoms with Gasteiger partial charge in [0, 0.05) is 11.3 Å². The first-order valence-electron chi connectivity index (χ1n) is 5.88. The summed E-state index contributed by atoms with van der Waals surface area (Å²) in [4.78, 5) is 8.19. The Morgan fingerprint density at radius 1 is 1.10 bits per heavy atom. The molecular weight excluding hydrogens is 307 g/mol. The van der Waals surface area contributed by atoms with Crippen LogP contribution in [0.1, 0.15) is 11.4 Å². The van der Waals surface area contributed by atoms with Crippen molar-refractivity contribution in [3.63, 3.8) is 0 Å². The topological polar surface area (TPSA) is 47.0 Å². The van der Waals surface area contributed by atoms with Crippen molar-refractivity contribution in [1.29, 1.82) is 0 Å². The van der Waals surface area contributed by atoms with Crippen molar-refractivity contribution in [2.45, 2.75) is 20.2 Å². The quantitative estimate of drug-likeness (QED) is 0.853. The van der Waals surface area contributed by atoms with E-state index in [4.69, 9.17) is 11.6 Å². The summed E-state index contributed by atoms with van der Waals surface area (Å²) >= 11 is 5.95. The second-order valence-electron chi connectivity index (χ2n) is 4.23. The zero-order valence-corrected chi connectivity index (χ0v) is 11.9. The lowest BCUT2D eigenvalue weighted by Crippen LogP contribution is -2.17. The van der Waals surface area contributed by atoms with Crippen molar-refractivity contribution in [2.75, 3.05) is 5.32 Å². The van der Waals surface area contributed by atoms with Gasteiger partial charge in [0.25, 0.3) is 0 Å². The number of ether oxygens (including phenoxy) is 1. The third-order valence-electron chi connectivity index (χ3n) is 2.55. The van der Waals surface area contributed by atoms with Crippen LogP contribution >= 0.6 is 11.6 Å². The molecule has 0 saturated carbocycles. The van der Waals surface area contributed by atoms with Gasteiger partial charge in [0.15, 0.2) is 0 Å². The maximum Gasteiger partial charge on any atom is 0.573 e. The Morgan fingerprint density at radius 2 is 1.71 bits per heavy atom. The SMILES string of the molecule is Cc1nc(Cl)c(C)c(Nc2ccc(OC(F)(F)F)cc2)n1. The summed E-state index contributed by atoms with van der Waals surface area (Å²) in [5, 5.41) is 3.29. The van der Waals surface area contributed by atoms with Crippen molar-refractivity contribution >= 4 is 23.1 Å². The molecule has 0 unspecified atom stereocenters. The minimum absolute atomic E-state index is 0.290. The number of nitrogens with zero attached hydrogens (tertiary/aromatic N) is 2. The van der Waals surface area contributed by atoms with Crippen LogP contribution in [0.15, 0.2) is 24.3 Å². The van der Waals surface area contributed by atoms with Gasteiger partial charge in [0.05, 0.1) is 0 Å². The highest BCUT2D eigenvalue weighted by molar-refractivity contribution is 6.30. The second kappa shape index (κ2) is 5.77. The Labute approximate surface area is 123 Å². The molecule has 0 aliphatic heterocycles. The van der Waals surface area contributed by atoms with E-state index in [0.717, 1.165) is 0 Å². The lowest BCUT2D eigenvalue weighted by Gasteiger charge is -2.12. The first kappa shape index (κ1) is 15.4. The van der Waals surface area contributed by atoms with E-state index in [1.54, 1.807) is 13.8 Å². The molecule has 1 aromatic heterocycles. The fraction of sp³-hybridized carbons (Fsp3) is 0.231. The van der Waals surface area contributed by atoms with Crippen LogP contribution in [0.5, 0.6) is 5.75 Å². The van der Waals surface area contributed by atoms with Crippen molar-refractivity contribution in [3.8, 4) is 5.75 Å². The molecule has 0 spiro atoms. The number of aryl methyl sites for hydroxylation is 1. The third-order valence-corrected chi connectivity index (χ3v) is 2.92. The summed E-state index contributed by atoms with van der Waals surface area (Å²) in [6.45, 7) is 3.43. The van der Waals surface area contributed by atoms with Crippen molar-refractivity contribution < 1.29 is 17.9 Å². The van der Waals surface area contributed by atoms with Gasteiger partial charge in [0.1, 0.15) is 22.5 Å². The van der Waals surface area contributed by atoms with E-state index < -0.39 is 6.36 Å². The predicted molar refractivity (Wildman–Crippen MR) is 72.9 cm³/mol. The van der Waals surface area contributed by atoms with E-state index in [0.29, 0.717) is 28.0 Å². The Hall–Kier alpha value is -2.02. The number of halogens is 4. The number of alkyl halides is 3. The molecule has 8 heteroatoms. The van der Waals surface area contributed by atoms with Gasteiger partial charge in [-0.05, 0) is 38.1 Å². The molecule has 21 heavy (non-hydrogen) atoms. The van der Waals surface area contributed by atoms with E-state index in [2.05, 4.69) is 20.0 Å². The number of hydrogen-bond donors (Lipinski definition) is 1. The molecule has 0 aliphatic rings. The molecule has 1 aromatic carbocycles. The van der Waals surface area contributed by atoms with Gasteiger partial charge in [-0.25, -0.2) is 9.97 Å². The molecule has 2 aromatic rings. The highest BCUT2D eigenvalue weighted by atomic mass is 35.5. The summed E-state index contributed by atoms with van der Waals surface area (Å²) in [5.74, 6) is 0.698. The lowest BCUT2D eigenvalue weighted by atomic mass is 10.2. The monoisotopic (exact) mass is 317 g/mol. The summed E-state index contributed by atoms with van der Waals surface area (Å²) in [6.07, 6.45) is -4.71. The molecule has 0 amide bonds. The molecule has 1 N–H and O–H groups in total. The zero-order valence-electron chi connectivity index (χ0n) is 11.1. The number of hydrogen-bond acceptors (Lipinski definition) is 4. The molecule has 4 nitrogen and oxygen atoms in total. The number of anilines is 2. The standard InChI is InChI=1S/C13H11ClF3N3O/c1-7-11(14)18-8(2)19-12(7)20-9-3-5-10(6-4-9)21-13(15,16)17/h3-6H,1-2H3,(H,18,19,20). The highest BCUT2D eigenvalue weighted by Gasteiger charge is 2.30. The fourth-order valence-corrected chi connectivity index (χ4v) is 1.80. The molecule has 0 fully saturated rings. The maximum atomic E-state index is 12.1. The summed E-state index contributed by atoms with van der Waals surface area (Å²) in [5.41, 5.74) is 1.21. The first-order valence-corrected chi connectivity index (χ1v) is 6.26. The van der Waals surface area contributed by atoms with E-state index in [1.807, 2.05) is 0 Å². The summed E-state index contributed by atoms with van der Waals surface area (Å²) < 4.78 is 40.0. The molecule has 0 saturated heterocycles. The van der Waals surface area contributed by atoms with Gasteiger partial charge in [0.2, 0.25) is 0 Å². The molecule has 1 heterocycles. The second-order valence-corrected chi connectivity index (χ2v) is 4.59. The molecule has 0 atom stereocenters. The van der Waals surface area contributed by atoms with E-state index >= 15 is 0 Å². The van der Waals surface area contributed by atoms with Crippen molar-refractivity contribution in [1.82, 2.24) is 9.97 Å². The van der Waals surface area contributed by atoms with E-state index in [-0.39, 0.29) is 5.75 Å². The lowest BCUT2D eigenvalue weighted by molar-refractivity contribution is -0.274. The minimum Gasteiger partial charge on any atom is -0.406 e. The van der Waals surface area contributed by atoms with Gasteiger partial charge in [-0.2, -0.15) is 0 Å². The first-order chi connectivity index (χ1) is 9.74. The van der Waals surface area contributed by atoms with E-state index in [1.165, 1.54) is 24.3 Å². The largest absolute Gasteiger partial charge is 0.573 e. The van der Waals surface area contributed by atoms with Crippen LogP contribution in [0.4, 0.5) is 24.7 Å².